The molecule has 0 saturated carbocycles. The van der Waals surface area contributed by atoms with Gasteiger partial charge in [-0.05, 0) is 31.2 Å². The molecule has 0 saturated heterocycles. The maximum Gasteiger partial charge on any atom is 0.268 e. The number of nitrogens with zero attached hydrogens (tertiary/aromatic N) is 5. The highest BCUT2D eigenvalue weighted by atomic mass is 19.3. The van der Waals surface area contributed by atoms with Crippen molar-refractivity contribution in [3.05, 3.63) is 71.5 Å². The molecule has 7 nitrogen and oxygen atoms in total. The smallest absolute Gasteiger partial charge is 0.268 e. The zero-order chi connectivity index (χ0) is 22.8. The highest BCUT2D eigenvalue weighted by Gasteiger charge is 2.21. The molecule has 0 bridgehead atoms. The van der Waals surface area contributed by atoms with Gasteiger partial charge in [0.15, 0.2) is 0 Å². The molecule has 0 aliphatic rings. The molecule has 2 aromatic heterocycles. The summed E-state index contributed by atoms with van der Waals surface area (Å²) in [4.78, 5) is 22.3. The summed E-state index contributed by atoms with van der Waals surface area (Å²) in [7, 11) is 3.12. The number of rotatable bonds is 5. The van der Waals surface area contributed by atoms with Crippen LogP contribution in [-0.2, 0) is 0 Å². The second-order valence-electron chi connectivity index (χ2n) is 7.27. The van der Waals surface area contributed by atoms with E-state index in [4.69, 9.17) is 4.42 Å². The summed E-state index contributed by atoms with van der Waals surface area (Å²) < 4.78 is 33.4. The van der Waals surface area contributed by atoms with Gasteiger partial charge >= 0.3 is 0 Å². The molecule has 0 atom stereocenters. The second-order valence-corrected chi connectivity index (χ2v) is 7.27. The fraction of sp³-hybridized carbons (Fsp3) is 0.174. The van der Waals surface area contributed by atoms with Gasteiger partial charge in [0.2, 0.25) is 5.89 Å². The third-order valence-electron chi connectivity index (χ3n) is 4.82. The summed E-state index contributed by atoms with van der Waals surface area (Å²) >= 11 is 0. The van der Waals surface area contributed by atoms with E-state index in [9.17, 15) is 13.6 Å². The fourth-order valence-corrected chi connectivity index (χ4v) is 3.17. The number of halogens is 2. The Kier molecular flexibility index (Phi) is 5.72. The van der Waals surface area contributed by atoms with E-state index in [1.54, 1.807) is 21.0 Å². The van der Waals surface area contributed by atoms with Gasteiger partial charge in [-0.25, -0.2) is 13.8 Å². The first kappa shape index (κ1) is 21.2. The van der Waals surface area contributed by atoms with Gasteiger partial charge in [-0.15, -0.1) is 10.2 Å². The minimum atomic E-state index is -2.81. The van der Waals surface area contributed by atoms with Gasteiger partial charge in [0.05, 0.1) is 17.6 Å². The van der Waals surface area contributed by atoms with Crippen LogP contribution in [0.1, 0.15) is 28.0 Å². The Hall–Kier alpha value is -4.01. The Morgan fingerprint density at radius 2 is 1.75 bits per heavy atom. The van der Waals surface area contributed by atoms with Crippen molar-refractivity contribution in [1.29, 1.82) is 0 Å². The van der Waals surface area contributed by atoms with Gasteiger partial charge in [-0.2, -0.15) is 0 Å². The quantitative estimate of drug-likeness (QED) is 0.447. The Morgan fingerprint density at radius 3 is 2.44 bits per heavy atom. The van der Waals surface area contributed by atoms with Crippen LogP contribution in [0, 0.1) is 6.92 Å². The van der Waals surface area contributed by atoms with Crippen LogP contribution in [0.5, 0.6) is 0 Å². The first-order valence-corrected chi connectivity index (χ1v) is 9.72. The van der Waals surface area contributed by atoms with E-state index < -0.39 is 6.43 Å². The average molecular weight is 435 g/mol. The number of hydrogen-bond acceptors (Lipinski definition) is 6. The molecule has 9 heteroatoms. The van der Waals surface area contributed by atoms with Crippen LogP contribution in [0.4, 0.5) is 8.78 Å². The molecule has 0 N–H and O–H groups in total. The molecule has 1 amide bonds. The van der Waals surface area contributed by atoms with Gasteiger partial charge in [0.1, 0.15) is 5.69 Å². The largest absolute Gasteiger partial charge is 0.415 e. The lowest BCUT2D eigenvalue weighted by molar-refractivity contribution is 0.0827. The summed E-state index contributed by atoms with van der Waals surface area (Å²) in [6, 6.07) is 13.4. The van der Waals surface area contributed by atoms with Crippen molar-refractivity contribution in [3.63, 3.8) is 0 Å². The number of carbonyl (C=O) groups excluding carboxylic acids is 1. The third kappa shape index (κ3) is 4.09. The summed E-state index contributed by atoms with van der Waals surface area (Å²) in [5.41, 5.74) is 1.79. The Labute approximate surface area is 182 Å². The van der Waals surface area contributed by atoms with Crippen molar-refractivity contribution in [3.8, 4) is 34.3 Å². The molecular formula is C23H19F2N5O2. The molecule has 0 spiro atoms. The van der Waals surface area contributed by atoms with Crippen LogP contribution >= 0.6 is 0 Å². The molecule has 4 aromatic rings. The van der Waals surface area contributed by atoms with E-state index >= 15 is 0 Å². The van der Waals surface area contributed by atoms with Crippen molar-refractivity contribution in [1.82, 2.24) is 25.1 Å². The number of benzene rings is 2. The normalized spacial score (nSPS) is 11.1. The molecule has 0 aliphatic carbocycles. The van der Waals surface area contributed by atoms with E-state index in [0.29, 0.717) is 17.3 Å². The van der Waals surface area contributed by atoms with E-state index in [0.717, 1.165) is 5.56 Å². The van der Waals surface area contributed by atoms with E-state index in [-0.39, 0.29) is 34.2 Å². The predicted molar refractivity (Wildman–Crippen MR) is 114 cm³/mol. The van der Waals surface area contributed by atoms with Crippen molar-refractivity contribution >= 4 is 5.91 Å². The van der Waals surface area contributed by atoms with Crippen molar-refractivity contribution in [2.45, 2.75) is 13.3 Å². The molecular weight excluding hydrogens is 416 g/mol. The molecule has 0 aliphatic heterocycles. The number of hydrogen-bond donors (Lipinski definition) is 0. The van der Waals surface area contributed by atoms with Crippen molar-refractivity contribution < 1.29 is 18.0 Å². The molecule has 0 radical (unpaired) electrons. The van der Waals surface area contributed by atoms with Crippen LogP contribution in [0.2, 0.25) is 0 Å². The maximum atomic E-state index is 13.8. The van der Waals surface area contributed by atoms with Gasteiger partial charge in [0, 0.05) is 36.3 Å². The first-order chi connectivity index (χ1) is 15.3. The Bertz CT molecular complexity index is 1270. The Balaban J connectivity index is 1.77. The van der Waals surface area contributed by atoms with E-state index in [2.05, 4.69) is 20.2 Å². The SMILES string of the molecule is Cc1ncc(-c2ccc(C(=O)N(C)C)cc2C(F)F)nc1-c1nnc(-c2ccccc2)o1. The monoisotopic (exact) mass is 435 g/mol. The van der Waals surface area contributed by atoms with Gasteiger partial charge < -0.3 is 9.32 Å². The van der Waals surface area contributed by atoms with Crippen molar-refractivity contribution in [2.75, 3.05) is 14.1 Å². The summed E-state index contributed by atoms with van der Waals surface area (Å²) in [6.07, 6.45) is -1.40. The third-order valence-corrected chi connectivity index (χ3v) is 4.82. The number of aromatic nitrogens is 4. The highest BCUT2D eigenvalue weighted by Crippen LogP contribution is 2.33. The van der Waals surface area contributed by atoms with E-state index in [1.807, 2.05) is 30.3 Å². The molecule has 2 aromatic carbocycles. The fourth-order valence-electron chi connectivity index (χ4n) is 3.17. The minimum Gasteiger partial charge on any atom is -0.415 e. The molecule has 32 heavy (non-hydrogen) atoms. The lowest BCUT2D eigenvalue weighted by Crippen LogP contribution is -2.21. The van der Waals surface area contributed by atoms with Crippen molar-refractivity contribution in [2.24, 2.45) is 0 Å². The lowest BCUT2D eigenvalue weighted by Gasteiger charge is -2.14. The average Bonchev–Trinajstić information content (AvgIpc) is 3.29. The van der Waals surface area contributed by atoms with Gasteiger partial charge in [0.25, 0.3) is 18.2 Å². The number of carbonyl (C=O) groups is 1. The summed E-state index contributed by atoms with van der Waals surface area (Å²) in [5, 5.41) is 8.11. The maximum absolute atomic E-state index is 13.8. The van der Waals surface area contributed by atoms with Crippen LogP contribution in [0.3, 0.4) is 0 Å². The molecule has 4 rings (SSSR count). The van der Waals surface area contributed by atoms with E-state index in [1.165, 1.54) is 29.3 Å². The minimum absolute atomic E-state index is 0.133. The van der Waals surface area contributed by atoms with Crippen LogP contribution < -0.4 is 0 Å². The zero-order valence-electron chi connectivity index (χ0n) is 17.6. The highest BCUT2D eigenvalue weighted by molar-refractivity contribution is 5.94. The number of amides is 1. The number of alkyl halides is 2. The van der Waals surface area contributed by atoms with Crippen LogP contribution in [0.25, 0.3) is 34.3 Å². The zero-order valence-corrected chi connectivity index (χ0v) is 17.6. The topological polar surface area (TPSA) is 85.0 Å². The Morgan fingerprint density at radius 1 is 1.03 bits per heavy atom. The first-order valence-electron chi connectivity index (χ1n) is 9.72. The second kappa shape index (κ2) is 8.62. The summed E-state index contributed by atoms with van der Waals surface area (Å²) in [6.45, 7) is 1.71. The van der Waals surface area contributed by atoms with Gasteiger partial charge in [-0.3, -0.25) is 9.78 Å². The molecule has 2 heterocycles. The number of aryl methyl sites for hydroxylation is 1. The molecule has 0 unspecified atom stereocenters. The lowest BCUT2D eigenvalue weighted by atomic mass is 10.0. The van der Waals surface area contributed by atoms with Crippen LogP contribution in [0.15, 0.2) is 59.1 Å². The predicted octanol–water partition coefficient (Wildman–Crippen LogP) is 4.81. The van der Waals surface area contributed by atoms with Crippen LogP contribution in [-0.4, -0.2) is 45.1 Å². The molecule has 0 fully saturated rings. The summed E-state index contributed by atoms with van der Waals surface area (Å²) in [5.74, 6) is 0.0779. The molecule has 162 valence electrons. The standard InChI is InChI=1S/C23H19F2N5O2/c1-13-19(22-29-28-21(32-22)14-7-5-4-6-8-14)27-18(12-26-13)16-10-9-15(23(31)30(2)3)11-17(16)20(24)25/h4-12,20H,1-3H3. The van der Waals surface area contributed by atoms with Gasteiger partial charge in [-0.1, -0.05) is 24.3 Å².